The van der Waals surface area contributed by atoms with Gasteiger partial charge in [-0.05, 0) is 37.6 Å². The van der Waals surface area contributed by atoms with E-state index >= 15 is 0 Å². The Morgan fingerprint density at radius 2 is 2.05 bits per heavy atom. The van der Waals surface area contributed by atoms with Crippen molar-refractivity contribution in [1.29, 1.82) is 0 Å². The molecule has 1 aromatic carbocycles. The summed E-state index contributed by atoms with van der Waals surface area (Å²) in [5, 5.41) is 6.73. The number of nitrogens with zero attached hydrogens (tertiary/aromatic N) is 1. The van der Waals surface area contributed by atoms with E-state index in [2.05, 4.69) is 35.5 Å². The van der Waals surface area contributed by atoms with Crippen molar-refractivity contribution in [3.63, 3.8) is 0 Å². The Morgan fingerprint density at radius 3 is 2.74 bits per heavy atom. The Balaban J connectivity index is 2.04. The number of oxazole rings is 1. The van der Waals surface area contributed by atoms with E-state index in [1.54, 1.807) is 0 Å². The molecule has 104 valence electrons. The fourth-order valence-corrected chi connectivity index (χ4v) is 2.20. The number of aryl methyl sites for hydroxylation is 1. The van der Waals surface area contributed by atoms with Crippen LogP contribution in [-0.4, -0.2) is 25.1 Å². The van der Waals surface area contributed by atoms with Crippen molar-refractivity contribution in [2.75, 3.05) is 25.5 Å². The summed E-state index contributed by atoms with van der Waals surface area (Å²) >= 11 is 0. The fraction of sp³-hybridized carbons (Fsp3) is 0.533. The number of hydrogen-bond donors (Lipinski definition) is 2. The van der Waals surface area contributed by atoms with Crippen molar-refractivity contribution >= 4 is 16.8 Å². The highest BCUT2D eigenvalue weighted by molar-refractivity contribution is 5.77. The maximum absolute atomic E-state index is 5.55. The van der Waals surface area contributed by atoms with Crippen LogP contribution in [-0.2, 0) is 0 Å². The first-order chi connectivity index (χ1) is 9.10. The van der Waals surface area contributed by atoms with Crippen LogP contribution >= 0.6 is 0 Å². The molecule has 0 amide bonds. The second-order valence-electron chi connectivity index (χ2n) is 5.36. The van der Waals surface area contributed by atoms with Crippen molar-refractivity contribution in [2.45, 2.75) is 20.8 Å². The van der Waals surface area contributed by atoms with Gasteiger partial charge in [-0.1, -0.05) is 13.8 Å². The zero-order chi connectivity index (χ0) is 13.8. The first-order valence-corrected chi connectivity index (χ1v) is 6.86. The summed E-state index contributed by atoms with van der Waals surface area (Å²) in [5.41, 5.74) is 2.85. The van der Waals surface area contributed by atoms with E-state index in [4.69, 9.17) is 4.42 Å². The fourth-order valence-electron chi connectivity index (χ4n) is 2.20. The van der Waals surface area contributed by atoms with Gasteiger partial charge >= 0.3 is 0 Å². The van der Waals surface area contributed by atoms with Crippen LogP contribution in [0.2, 0.25) is 0 Å². The van der Waals surface area contributed by atoms with Gasteiger partial charge in [-0.3, -0.25) is 0 Å². The molecule has 0 fully saturated rings. The molecule has 0 saturated heterocycles. The summed E-state index contributed by atoms with van der Waals surface area (Å²) in [7, 11) is 2.00. The number of hydrogen-bond acceptors (Lipinski definition) is 4. The minimum Gasteiger partial charge on any atom is -0.441 e. The van der Waals surface area contributed by atoms with E-state index < -0.39 is 0 Å². The number of aromatic nitrogens is 1. The van der Waals surface area contributed by atoms with Crippen molar-refractivity contribution in [3.05, 3.63) is 24.1 Å². The highest BCUT2D eigenvalue weighted by atomic mass is 16.3. The van der Waals surface area contributed by atoms with E-state index in [0.717, 1.165) is 29.9 Å². The smallest absolute Gasteiger partial charge is 0.192 e. The third-order valence-corrected chi connectivity index (χ3v) is 3.47. The molecule has 2 aromatic rings. The maximum atomic E-state index is 5.55. The third kappa shape index (κ3) is 3.47. The van der Waals surface area contributed by atoms with Crippen LogP contribution in [0, 0.1) is 18.8 Å². The predicted octanol–water partition coefficient (Wildman–Crippen LogP) is 3.04. The second kappa shape index (κ2) is 6.06. The quantitative estimate of drug-likeness (QED) is 0.839. The van der Waals surface area contributed by atoms with Crippen molar-refractivity contribution in [3.8, 4) is 0 Å². The minimum atomic E-state index is 0.608. The van der Waals surface area contributed by atoms with E-state index in [0.29, 0.717) is 17.7 Å². The average molecular weight is 261 g/mol. The summed E-state index contributed by atoms with van der Waals surface area (Å²) in [4.78, 5) is 4.30. The van der Waals surface area contributed by atoms with Gasteiger partial charge in [-0.25, -0.2) is 4.98 Å². The molecule has 1 atom stereocenters. The van der Waals surface area contributed by atoms with E-state index in [1.807, 2.05) is 26.1 Å². The highest BCUT2D eigenvalue weighted by Crippen LogP contribution is 2.20. The molecule has 1 unspecified atom stereocenters. The molecule has 0 aliphatic rings. The zero-order valence-electron chi connectivity index (χ0n) is 12.2. The highest BCUT2D eigenvalue weighted by Gasteiger charge is 2.12. The lowest BCUT2D eigenvalue weighted by Crippen LogP contribution is -2.29. The summed E-state index contributed by atoms with van der Waals surface area (Å²) < 4.78 is 5.55. The lowest BCUT2D eigenvalue weighted by Gasteiger charge is -2.21. The Labute approximate surface area is 114 Å². The van der Waals surface area contributed by atoms with E-state index in [1.165, 1.54) is 0 Å². The van der Waals surface area contributed by atoms with Crippen LogP contribution in [0.4, 0.5) is 5.69 Å². The van der Waals surface area contributed by atoms with Crippen LogP contribution in [0.25, 0.3) is 11.1 Å². The molecule has 0 radical (unpaired) electrons. The van der Waals surface area contributed by atoms with Gasteiger partial charge in [0.25, 0.3) is 0 Å². The molecule has 1 heterocycles. The number of nitrogens with one attached hydrogen (secondary N) is 2. The Kier molecular flexibility index (Phi) is 4.43. The summed E-state index contributed by atoms with van der Waals surface area (Å²) in [6.45, 7) is 8.36. The van der Waals surface area contributed by atoms with E-state index in [9.17, 15) is 0 Å². The lowest BCUT2D eigenvalue weighted by molar-refractivity contribution is 0.390. The Hall–Kier alpha value is -1.55. The topological polar surface area (TPSA) is 50.1 Å². The SMILES string of the molecule is CNCC(CNc1ccc2nc(C)oc2c1)C(C)C. The van der Waals surface area contributed by atoms with Crippen LogP contribution in [0.15, 0.2) is 22.6 Å². The molecule has 2 rings (SSSR count). The first-order valence-electron chi connectivity index (χ1n) is 6.86. The molecule has 2 N–H and O–H groups in total. The van der Waals surface area contributed by atoms with Gasteiger partial charge in [-0.15, -0.1) is 0 Å². The monoisotopic (exact) mass is 261 g/mol. The number of benzene rings is 1. The maximum Gasteiger partial charge on any atom is 0.192 e. The molecule has 1 aromatic heterocycles. The third-order valence-electron chi connectivity index (χ3n) is 3.47. The molecule has 0 saturated carbocycles. The van der Waals surface area contributed by atoms with Crippen LogP contribution in [0.5, 0.6) is 0 Å². The van der Waals surface area contributed by atoms with Gasteiger partial charge in [0, 0.05) is 25.2 Å². The lowest BCUT2D eigenvalue weighted by atomic mass is 9.95. The van der Waals surface area contributed by atoms with Crippen molar-refractivity contribution < 1.29 is 4.42 Å². The molecule has 0 spiro atoms. The predicted molar refractivity (Wildman–Crippen MR) is 79.5 cm³/mol. The molecule has 0 aliphatic carbocycles. The first kappa shape index (κ1) is 13.9. The van der Waals surface area contributed by atoms with Gasteiger partial charge in [0.05, 0.1) is 0 Å². The molecule has 4 nitrogen and oxygen atoms in total. The van der Waals surface area contributed by atoms with Crippen molar-refractivity contribution in [2.24, 2.45) is 11.8 Å². The number of anilines is 1. The molecular formula is C15H23N3O. The summed E-state index contributed by atoms with van der Waals surface area (Å²) in [6.07, 6.45) is 0. The van der Waals surface area contributed by atoms with Gasteiger partial charge in [0.2, 0.25) is 0 Å². The average Bonchev–Trinajstić information content (AvgIpc) is 2.73. The molecule has 0 aliphatic heterocycles. The largest absolute Gasteiger partial charge is 0.441 e. The number of rotatable bonds is 6. The molecular weight excluding hydrogens is 238 g/mol. The van der Waals surface area contributed by atoms with Crippen LogP contribution in [0.3, 0.4) is 0 Å². The Bertz CT molecular complexity index is 533. The second-order valence-corrected chi connectivity index (χ2v) is 5.36. The number of fused-ring (bicyclic) bond motifs is 1. The van der Waals surface area contributed by atoms with Gasteiger partial charge in [-0.2, -0.15) is 0 Å². The Morgan fingerprint density at radius 1 is 1.26 bits per heavy atom. The minimum absolute atomic E-state index is 0.608. The standard InChI is InChI=1S/C15H23N3O/c1-10(2)12(8-16-4)9-17-13-5-6-14-15(7-13)19-11(3)18-14/h5-7,10,12,16-17H,8-9H2,1-4H3. The molecule has 4 heteroatoms. The van der Waals surface area contributed by atoms with Crippen molar-refractivity contribution in [1.82, 2.24) is 10.3 Å². The van der Waals surface area contributed by atoms with Gasteiger partial charge in [0.15, 0.2) is 11.5 Å². The normalized spacial score (nSPS) is 13.1. The zero-order valence-corrected chi connectivity index (χ0v) is 12.2. The summed E-state index contributed by atoms with van der Waals surface area (Å²) in [6, 6.07) is 6.07. The molecule has 0 bridgehead atoms. The van der Waals surface area contributed by atoms with Gasteiger partial charge in [0.1, 0.15) is 5.52 Å². The molecule has 19 heavy (non-hydrogen) atoms. The summed E-state index contributed by atoms with van der Waals surface area (Å²) in [5.74, 6) is 1.97. The van der Waals surface area contributed by atoms with E-state index in [-0.39, 0.29) is 0 Å². The van der Waals surface area contributed by atoms with Gasteiger partial charge < -0.3 is 15.1 Å². The van der Waals surface area contributed by atoms with Crippen LogP contribution < -0.4 is 10.6 Å². The van der Waals surface area contributed by atoms with Crippen LogP contribution in [0.1, 0.15) is 19.7 Å².